The maximum Gasteiger partial charge on any atom is 0.322 e. The Morgan fingerprint density at radius 2 is 2.27 bits per heavy atom. The number of nitrogens with two attached hydrogens (primary N) is 1. The van der Waals surface area contributed by atoms with Gasteiger partial charge in [-0.3, -0.25) is 14.6 Å². The fourth-order valence-corrected chi connectivity index (χ4v) is 0.989. The molecule has 0 aliphatic rings. The SMILES string of the molecule is NCc1cc(C(=O)NCC(=O)O)ccn1. The molecule has 1 rings (SSSR count). The third-order valence-corrected chi connectivity index (χ3v) is 1.69. The summed E-state index contributed by atoms with van der Waals surface area (Å²) < 4.78 is 0. The number of hydrogen-bond acceptors (Lipinski definition) is 4. The minimum absolute atomic E-state index is 0.236. The van der Waals surface area contributed by atoms with Crippen molar-refractivity contribution in [2.75, 3.05) is 6.54 Å². The van der Waals surface area contributed by atoms with Crippen LogP contribution in [0.25, 0.3) is 0 Å². The van der Waals surface area contributed by atoms with Crippen LogP contribution in [0.1, 0.15) is 16.1 Å². The van der Waals surface area contributed by atoms with Crippen LogP contribution in [0.5, 0.6) is 0 Å². The van der Waals surface area contributed by atoms with E-state index in [2.05, 4.69) is 10.3 Å². The van der Waals surface area contributed by atoms with Gasteiger partial charge in [0, 0.05) is 18.3 Å². The molecule has 0 fully saturated rings. The highest BCUT2D eigenvalue weighted by Gasteiger charge is 2.07. The van der Waals surface area contributed by atoms with Crippen molar-refractivity contribution in [1.29, 1.82) is 0 Å². The number of carbonyl (C=O) groups excluding carboxylic acids is 1. The van der Waals surface area contributed by atoms with Crippen molar-refractivity contribution < 1.29 is 14.7 Å². The highest BCUT2D eigenvalue weighted by Crippen LogP contribution is 2.00. The van der Waals surface area contributed by atoms with E-state index in [4.69, 9.17) is 10.8 Å². The molecule has 0 aromatic carbocycles. The van der Waals surface area contributed by atoms with Gasteiger partial charge in [0.2, 0.25) is 0 Å². The van der Waals surface area contributed by atoms with Crippen LogP contribution >= 0.6 is 0 Å². The number of rotatable bonds is 4. The molecule has 0 atom stereocenters. The zero-order valence-corrected chi connectivity index (χ0v) is 7.93. The number of nitrogens with one attached hydrogen (secondary N) is 1. The fraction of sp³-hybridized carbons (Fsp3) is 0.222. The van der Waals surface area contributed by atoms with E-state index in [0.29, 0.717) is 11.3 Å². The van der Waals surface area contributed by atoms with Crippen molar-refractivity contribution >= 4 is 11.9 Å². The minimum atomic E-state index is -1.09. The summed E-state index contributed by atoms with van der Waals surface area (Å²) >= 11 is 0. The van der Waals surface area contributed by atoms with E-state index < -0.39 is 18.4 Å². The molecule has 4 N–H and O–H groups in total. The van der Waals surface area contributed by atoms with Gasteiger partial charge >= 0.3 is 5.97 Å². The minimum Gasteiger partial charge on any atom is -0.480 e. The first-order valence-electron chi connectivity index (χ1n) is 4.28. The van der Waals surface area contributed by atoms with E-state index in [9.17, 15) is 9.59 Å². The molecular weight excluding hydrogens is 198 g/mol. The van der Waals surface area contributed by atoms with Crippen molar-refractivity contribution in [3.63, 3.8) is 0 Å². The van der Waals surface area contributed by atoms with Crippen LogP contribution in [0.3, 0.4) is 0 Å². The number of hydrogen-bond donors (Lipinski definition) is 3. The molecule has 0 aliphatic heterocycles. The van der Waals surface area contributed by atoms with Gasteiger partial charge in [0.15, 0.2) is 0 Å². The lowest BCUT2D eigenvalue weighted by atomic mass is 10.2. The lowest BCUT2D eigenvalue weighted by Crippen LogP contribution is -2.29. The first-order valence-corrected chi connectivity index (χ1v) is 4.28. The van der Waals surface area contributed by atoms with Crippen molar-refractivity contribution in [1.82, 2.24) is 10.3 Å². The average Bonchev–Trinajstić information content (AvgIpc) is 2.26. The number of carbonyl (C=O) groups is 2. The van der Waals surface area contributed by atoms with Gasteiger partial charge in [-0.15, -0.1) is 0 Å². The summed E-state index contributed by atoms with van der Waals surface area (Å²) in [7, 11) is 0. The van der Waals surface area contributed by atoms with Crippen molar-refractivity contribution in [2.45, 2.75) is 6.54 Å². The summed E-state index contributed by atoms with van der Waals surface area (Å²) in [4.78, 5) is 25.5. The van der Waals surface area contributed by atoms with E-state index in [1.54, 1.807) is 0 Å². The molecule has 0 unspecified atom stereocenters. The summed E-state index contributed by atoms with van der Waals surface area (Å²) in [6, 6.07) is 3.02. The van der Waals surface area contributed by atoms with Gasteiger partial charge in [-0.2, -0.15) is 0 Å². The fourth-order valence-electron chi connectivity index (χ4n) is 0.989. The number of aliphatic carboxylic acids is 1. The standard InChI is InChI=1S/C9H11N3O3/c10-4-7-3-6(1-2-11-7)9(15)12-5-8(13)14/h1-3H,4-5,10H2,(H,12,15)(H,13,14). The Labute approximate surface area is 86.1 Å². The number of amides is 1. The van der Waals surface area contributed by atoms with Crippen molar-refractivity contribution in [3.05, 3.63) is 29.6 Å². The van der Waals surface area contributed by atoms with Crippen molar-refractivity contribution in [3.8, 4) is 0 Å². The van der Waals surface area contributed by atoms with Crippen LogP contribution in [0.4, 0.5) is 0 Å². The third kappa shape index (κ3) is 3.35. The number of aromatic nitrogens is 1. The lowest BCUT2D eigenvalue weighted by Gasteiger charge is -2.03. The number of carboxylic acid groups (broad SMARTS) is 1. The summed E-state index contributed by atoms with van der Waals surface area (Å²) in [5, 5.41) is 10.6. The topological polar surface area (TPSA) is 105 Å². The smallest absolute Gasteiger partial charge is 0.322 e. The van der Waals surface area contributed by atoms with E-state index in [0.717, 1.165) is 0 Å². The second-order valence-corrected chi connectivity index (χ2v) is 2.82. The highest BCUT2D eigenvalue weighted by molar-refractivity contribution is 5.95. The van der Waals surface area contributed by atoms with Crippen LogP contribution in [0.2, 0.25) is 0 Å². The van der Waals surface area contributed by atoms with Gasteiger partial charge in [-0.25, -0.2) is 0 Å². The molecule has 6 nitrogen and oxygen atoms in total. The molecule has 1 aromatic heterocycles. The molecule has 0 spiro atoms. The average molecular weight is 209 g/mol. The first kappa shape index (κ1) is 11.1. The van der Waals surface area contributed by atoms with Crippen LogP contribution in [0.15, 0.2) is 18.3 Å². The van der Waals surface area contributed by atoms with Gasteiger partial charge < -0.3 is 16.2 Å². The Bertz CT molecular complexity index is 379. The first-order chi connectivity index (χ1) is 7.13. The Hall–Kier alpha value is -1.95. The van der Waals surface area contributed by atoms with Crippen LogP contribution in [-0.4, -0.2) is 28.5 Å². The van der Waals surface area contributed by atoms with Gasteiger partial charge in [0.1, 0.15) is 6.54 Å². The summed E-state index contributed by atoms with van der Waals surface area (Å²) in [6.45, 7) is -0.167. The third-order valence-electron chi connectivity index (χ3n) is 1.69. The summed E-state index contributed by atoms with van der Waals surface area (Å²) in [5.74, 6) is -1.54. The lowest BCUT2D eigenvalue weighted by molar-refractivity contribution is -0.135. The second kappa shape index (κ2) is 5.06. The molecule has 1 amide bonds. The largest absolute Gasteiger partial charge is 0.480 e. The molecule has 1 heterocycles. The normalized spacial score (nSPS) is 9.67. The molecule has 0 radical (unpaired) electrons. The number of carboxylic acids is 1. The van der Waals surface area contributed by atoms with Gasteiger partial charge in [-0.1, -0.05) is 0 Å². The highest BCUT2D eigenvalue weighted by atomic mass is 16.4. The van der Waals surface area contributed by atoms with E-state index in [-0.39, 0.29) is 6.54 Å². The van der Waals surface area contributed by atoms with E-state index in [1.165, 1.54) is 18.3 Å². The molecular formula is C9H11N3O3. The quantitative estimate of drug-likeness (QED) is 0.611. The number of pyridine rings is 1. The Morgan fingerprint density at radius 1 is 1.53 bits per heavy atom. The Kier molecular flexibility index (Phi) is 3.75. The van der Waals surface area contributed by atoms with Crippen LogP contribution < -0.4 is 11.1 Å². The second-order valence-electron chi connectivity index (χ2n) is 2.82. The molecule has 0 aliphatic carbocycles. The van der Waals surface area contributed by atoms with E-state index in [1.807, 2.05) is 0 Å². The zero-order valence-electron chi connectivity index (χ0n) is 7.93. The van der Waals surface area contributed by atoms with E-state index >= 15 is 0 Å². The van der Waals surface area contributed by atoms with Gasteiger partial charge in [-0.05, 0) is 12.1 Å². The molecule has 0 saturated heterocycles. The Balaban J connectivity index is 2.69. The van der Waals surface area contributed by atoms with Gasteiger partial charge in [0.05, 0.1) is 5.69 Å². The predicted octanol–water partition coefficient (Wildman–Crippen LogP) is -0.645. The monoisotopic (exact) mass is 209 g/mol. The molecule has 1 aromatic rings. The maximum atomic E-state index is 11.4. The Morgan fingerprint density at radius 3 is 2.87 bits per heavy atom. The maximum absolute atomic E-state index is 11.4. The zero-order chi connectivity index (χ0) is 11.3. The molecule has 80 valence electrons. The van der Waals surface area contributed by atoms with Crippen LogP contribution in [0, 0.1) is 0 Å². The molecule has 6 heteroatoms. The molecule has 15 heavy (non-hydrogen) atoms. The molecule has 0 saturated carbocycles. The molecule has 0 bridgehead atoms. The predicted molar refractivity (Wildman–Crippen MR) is 52.1 cm³/mol. The summed E-state index contributed by atoms with van der Waals surface area (Å²) in [6.07, 6.45) is 1.46. The van der Waals surface area contributed by atoms with Gasteiger partial charge in [0.25, 0.3) is 5.91 Å². The van der Waals surface area contributed by atoms with Crippen LogP contribution in [-0.2, 0) is 11.3 Å². The number of nitrogens with zero attached hydrogens (tertiary/aromatic N) is 1. The summed E-state index contributed by atoms with van der Waals surface area (Å²) in [5.41, 5.74) is 6.29. The van der Waals surface area contributed by atoms with Crippen molar-refractivity contribution in [2.24, 2.45) is 5.73 Å².